The third kappa shape index (κ3) is 6.92. The number of nitrogens with two attached hydrogens (primary N) is 1. The zero-order chi connectivity index (χ0) is 15.6. The molecule has 1 fully saturated rings. The second-order valence-corrected chi connectivity index (χ2v) is 7.69. The molecule has 0 aromatic heterocycles. The molecule has 0 aliphatic carbocycles. The van der Waals surface area contributed by atoms with Crippen molar-refractivity contribution in [3.8, 4) is 0 Å². The molecule has 0 saturated carbocycles. The van der Waals surface area contributed by atoms with Crippen LogP contribution in [0.3, 0.4) is 0 Å². The molecule has 1 aliphatic heterocycles. The third-order valence-corrected chi connectivity index (χ3v) is 5.55. The van der Waals surface area contributed by atoms with Gasteiger partial charge in [-0.05, 0) is 44.2 Å². The van der Waals surface area contributed by atoms with E-state index in [-0.39, 0.29) is 6.04 Å². The molecule has 3 nitrogen and oxygen atoms in total. The Morgan fingerprint density at radius 1 is 1.27 bits per heavy atom. The van der Waals surface area contributed by atoms with Crippen LogP contribution in [0.1, 0.15) is 19.3 Å². The summed E-state index contributed by atoms with van der Waals surface area (Å²) in [6, 6.07) is 10.8. The fraction of sp³-hybridized carbons (Fsp3) is 0.647. The average molecular weight is 341 g/mol. The molecule has 0 spiro atoms. The molecule has 0 radical (unpaired) electrons. The monoisotopic (exact) mass is 340 g/mol. The summed E-state index contributed by atoms with van der Waals surface area (Å²) < 4.78 is 5.80. The van der Waals surface area contributed by atoms with Crippen LogP contribution in [0.5, 0.6) is 0 Å². The molecular weight excluding hydrogens is 312 g/mol. The van der Waals surface area contributed by atoms with Crippen molar-refractivity contribution in [1.82, 2.24) is 4.90 Å². The fourth-order valence-corrected chi connectivity index (χ4v) is 3.87. The van der Waals surface area contributed by atoms with Gasteiger partial charge < -0.3 is 15.4 Å². The Bertz CT molecular complexity index is 397. The SMILES string of the molecule is CSCOC1CCN(CCC(N)CSc2ccccc2)CC1. The first-order valence-corrected chi connectivity index (χ1v) is 10.4. The Balaban J connectivity index is 1.56. The number of thioether (sulfide) groups is 2. The van der Waals surface area contributed by atoms with Crippen LogP contribution in [-0.4, -0.2) is 54.6 Å². The van der Waals surface area contributed by atoms with Crippen LogP contribution in [0, 0.1) is 0 Å². The highest BCUT2D eigenvalue weighted by Gasteiger charge is 2.19. The van der Waals surface area contributed by atoms with Crippen LogP contribution in [0.4, 0.5) is 0 Å². The minimum Gasteiger partial charge on any atom is -0.368 e. The molecular formula is C17H28N2OS2. The Morgan fingerprint density at radius 2 is 2.00 bits per heavy atom. The Kier molecular flexibility index (Phi) is 8.70. The van der Waals surface area contributed by atoms with Crippen molar-refractivity contribution in [3.63, 3.8) is 0 Å². The third-order valence-electron chi connectivity index (χ3n) is 3.98. The largest absolute Gasteiger partial charge is 0.368 e. The lowest BCUT2D eigenvalue weighted by atomic mass is 10.1. The van der Waals surface area contributed by atoms with Crippen LogP contribution < -0.4 is 5.73 Å². The van der Waals surface area contributed by atoms with Crippen LogP contribution in [-0.2, 0) is 4.74 Å². The summed E-state index contributed by atoms with van der Waals surface area (Å²) in [6.07, 6.45) is 5.95. The first-order valence-electron chi connectivity index (χ1n) is 8.04. The van der Waals surface area contributed by atoms with Crippen LogP contribution in [0.2, 0.25) is 0 Å². The van der Waals surface area contributed by atoms with Gasteiger partial charge in [0.25, 0.3) is 0 Å². The molecule has 1 aromatic rings. The number of hydrogen-bond acceptors (Lipinski definition) is 5. The van der Waals surface area contributed by atoms with Crippen LogP contribution in [0.25, 0.3) is 0 Å². The van der Waals surface area contributed by atoms with E-state index in [0.29, 0.717) is 6.10 Å². The molecule has 1 heterocycles. The molecule has 5 heteroatoms. The van der Waals surface area contributed by atoms with E-state index >= 15 is 0 Å². The molecule has 1 unspecified atom stereocenters. The van der Waals surface area contributed by atoms with Gasteiger partial charge in [-0.25, -0.2) is 0 Å². The summed E-state index contributed by atoms with van der Waals surface area (Å²) in [5.41, 5.74) is 6.26. The maximum absolute atomic E-state index is 6.26. The predicted molar refractivity (Wildman–Crippen MR) is 98.7 cm³/mol. The summed E-state index contributed by atoms with van der Waals surface area (Å²) in [5.74, 6) is 1.82. The van der Waals surface area contributed by atoms with Crippen molar-refractivity contribution >= 4 is 23.5 Å². The number of nitrogens with zero attached hydrogens (tertiary/aromatic N) is 1. The van der Waals surface area contributed by atoms with Gasteiger partial charge in [0, 0.05) is 29.8 Å². The Labute approximate surface area is 143 Å². The van der Waals surface area contributed by atoms with E-state index in [1.807, 2.05) is 11.8 Å². The lowest BCUT2D eigenvalue weighted by molar-refractivity contribution is 0.0324. The predicted octanol–water partition coefficient (Wildman–Crippen LogP) is 3.30. The van der Waals surface area contributed by atoms with Gasteiger partial charge >= 0.3 is 0 Å². The van der Waals surface area contributed by atoms with E-state index in [4.69, 9.17) is 10.5 Å². The lowest BCUT2D eigenvalue weighted by Gasteiger charge is -2.32. The van der Waals surface area contributed by atoms with E-state index in [1.54, 1.807) is 11.8 Å². The quantitative estimate of drug-likeness (QED) is 0.551. The second kappa shape index (κ2) is 10.6. The summed E-state index contributed by atoms with van der Waals surface area (Å²) in [4.78, 5) is 3.84. The van der Waals surface area contributed by atoms with Crippen LogP contribution >= 0.6 is 23.5 Å². The smallest absolute Gasteiger partial charge is 0.0921 e. The van der Waals surface area contributed by atoms with Gasteiger partial charge in [0.2, 0.25) is 0 Å². The average Bonchev–Trinajstić information content (AvgIpc) is 2.58. The summed E-state index contributed by atoms with van der Waals surface area (Å²) in [6.45, 7) is 3.42. The van der Waals surface area contributed by atoms with Gasteiger partial charge in [-0.15, -0.1) is 23.5 Å². The van der Waals surface area contributed by atoms with Crippen LogP contribution in [0.15, 0.2) is 35.2 Å². The highest BCUT2D eigenvalue weighted by molar-refractivity contribution is 7.99. The number of benzene rings is 1. The molecule has 124 valence electrons. The second-order valence-electron chi connectivity index (χ2n) is 5.79. The van der Waals surface area contributed by atoms with Crippen molar-refractivity contribution in [2.75, 3.05) is 37.6 Å². The van der Waals surface area contributed by atoms with Crippen molar-refractivity contribution in [2.45, 2.75) is 36.3 Å². The molecule has 1 aromatic carbocycles. The number of piperidine rings is 1. The van der Waals surface area contributed by atoms with Gasteiger partial charge in [-0.3, -0.25) is 0 Å². The zero-order valence-corrected chi connectivity index (χ0v) is 15.1. The van der Waals surface area contributed by atoms with E-state index < -0.39 is 0 Å². The first-order chi connectivity index (χ1) is 10.8. The molecule has 22 heavy (non-hydrogen) atoms. The van der Waals surface area contributed by atoms with E-state index in [1.165, 1.54) is 4.90 Å². The van der Waals surface area contributed by atoms with E-state index in [9.17, 15) is 0 Å². The fourth-order valence-electron chi connectivity index (χ4n) is 2.62. The van der Waals surface area contributed by atoms with E-state index in [0.717, 1.165) is 50.6 Å². The van der Waals surface area contributed by atoms with Gasteiger partial charge in [0.1, 0.15) is 0 Å². The van der Waals surface area contributed by atoms with Crippen molar-refractivity contribution in [2.24, 2.45) is 5.73 Å². The molecule has 2 N–H and O–H groups in total. The standard InChI is InChI=1S/C17H28N2OS2/c1-21-14-20-16-8-11-19(12-9-16)10-7-15(18)13-22-17-5-3-2-4-6-17/h2-6,15-16H,7-14,18H2,1H3. The molecule has 1 aliphatic rings. The van der Waals surface area contributed by atoms with Crippen molar-refractivity contribution < 1.29 is 4.74 Å². The summed E-state index contributed by atoms with van der Waals surface area (Å²) in [7, 11) is 0. The Morgan fingerprint density at radius 3 is 2.68 bits per heavy atom. The lowest BCUT2D eigenvalue weighted by Crippen LogP contribution is -2.39. The molecule has 0 bridgehead atoms. The van der Waals surface area contributed by atoms with Crippen molar-refractivity contribution in [3.05, 3.63) is 30.3 Å². The molecule has 1 saturated heterocycles. The van der Waals surface area contributed by atoms with E-state index in [2.05, 4.69) is 41.5 Å². The molecule has 2 rings (SSSR count). The number of hydrogen-bond donors (Lipinski definition) is 1. The number of likely N-dealkylation sites (tertiary alicyclic amines) is 1. The maximum Gasteiger partial charge on any atom is 0.0921 e. The number of rotatable bonds is 9. The Hall–Kier alpha value is -0.200. The minimum absolute atomic E-state index is 0.274. The normalized spacial score (nSPS) is 18.5. The van der Waals surface area contributed by atoms with Gasteiger partial charge in [-0.1, -0.05) is 18.2 Å². The van der Waals surface area contributed by atoms with Gasteiger partial charge in [-0.2, -0.15) is 0 Å². The minimum atomic E-state index is 0.274. The highest BCUT2D eigenvalue weighted by Crippen LogP contribution is 2.19. The summed E-state index contributed by atoms with van der Waals surface area (Å²) >= 11 is 3.62. The maximum atomic E-state index is 6.26. The first kappa shape index (κ1) is 18.1. The van der Waals surface area contributed by atoms with Gasteiger partial charge in [0.05, 0.1) is 12.0 Å². The van der Waals surface area contributed by atoms with Crippen molar-refractivity contribution in [1.29, 1.82) is 0 Å². The number of ether oxygens (including phenoxy) is 1. The molecule has 1 atom stereocenters. The van der Waals surface area contributed by atoms with Gasteiger partial charge in [0.15, 0.2) is 0 Å². The zero-order valence-electron chi connectivity index (χ0n) is 13.4. The molecule has 0 amide bonds. The highest BCUT2D eigenvalue weighted by atomic mass is 32.2. The topological polar surface area (TPSA) is 38.5 Å². The summed E-state index contributed by atoms with van der Waals surface area (Å²) in [5, 5.41) is 0.